The first-order valence-electron chi connectivity index (χ1n) is 8.42. The number of rotatable bonds is 6. The zero-order valence-corrected chi connectivity index (χ0v) is 13.7. The van der Waals surface area contributed by atoms with Crippen molar-refractivity contribution in [3.05, 3.63) is 29.8 Å². The molecule has 0 heterocycles. The minimum absolute atomic E-state index is 0.0655. The van der Waals surface area contributed by atoms with Gasteiger partial charge < -0.3 is 4.90 Å². The lowest BCUT2D eigenvalue weighted by Crippen LogP contribution is -2.28. The highest BCUT2D eigenvalue weighted by Crippen LogP contribution is 2.23. The van der Waals surface area contributed by atoms with Gasteiger partial charge in [-0.15, -0.1) is 0 Å². The zero-order chi connectivity index (χ0) is 15.8. The van der Waals surface area contributed by atoms with Crippen LogP contribution in [-0.4, -0.2) is 25.2 Å². The Morgan fingerprint density at radius 2 is 1.82 bits per heavy atom. The maximum atomic E-state index is 12.0. The average Bonchev–Trinajstić information content (AvgIpc) is 2.58. The highest BCUT2D eigenvalue weighted by atomic mass is 16.2. The Bertz CT molecular complexity index is 486. The molecule has 1 aromatic carbocycles. The first-order valence-corrected chi connectivity index (χ1v) is 8.42. The molecule has 0 aliphatic heterocycles. The summed E-state index contributed by atoms with van der Waals surface area (Å²) >= 11 is 0. The summed E-state index contributed by atoms with van der Waals surface area (Å²) in [5.74, 6) is 0.214. The molecule has 4 nitrogen and oxygen atoms in total. The molecule has 0 saturated heterocycles. The Hall–Kier alpha value is -1.84. The number of nitrogens with zero attached hydrogens (tertiary/aromatic N) is 2. The van der Waals surface area contributed by atoms with Crippen molar-refractivity contribution >= 4 is 17.8 Å². The van der Waals surface area contributed by atoms with Gasteiger partial charge in [-0.1, -0.05) is 31.4 Å². The number of amides is 1. The van der Waals surface area contributed by atoms with Gasteiger partial charge in [0, 0.05) is 24.7 Å². The molecule has 0 bridgehead atoms. The molecular weight excluding hydrogens is 274 g/mol. The molecule has 22 heavy (non-hydrogen) atoms. The van der Waals surface area contributed by atoms with Crippen LogP contribution in [0.25, 0.3) is 0 Å². The Morgan fingerprint density at radius 1 is 1.18 bits per heavy atom. The number of hydrogen-bond acceptors (Lipinski definition) is 3. The summed E-state index contributed by atoms with van der Waals surface area (Å²) in [5.41, 5.74) is 4.90. The zero-order valence-electron chi connectivity index (χ0n) is 13.7. The molecule has 0 spiro atoms. The largest absolute Gasteiger partial charge is 0.372 e. The minimum atomic E-state index is 0.0655. The maximum Gasteiger partial charge on any atom is 0.243 e. The van der Waals surface area contributed by atoms with Crippen molar-refractivity contribution in [2.75, 3.05) is 18.0 Å². The van der Waals surface area contributed by atoms with Crippen LogP contribution >= 0.6 is 0 Å². The van der Waals surface area contributed by atoms with Gasteiger partial charge in [0.25, 0.3) is 0 Å². The Balaban J connectivity index is 1.86. The summed E-state index contributed by atoms with van der Waals surface area (Å²) in [6.45, 7) is 6.31. The van der Waals surface area contributed by atoms with E-state index in [-0.39, 0.29) is 11.8 Å². The van der Waals surface area contributed by atoms with Gasteiger partial charge in [-0.2, -0.15) is 5.10 Å². The average molecular weight is 301 g/mol. The summed E-state index contributed by atoms with van der Waals surface area (Å²) in [5, 5.41) is 4.09. The Labute approximate surface area is 133 Å². The third kappa shape index (κ3) is 4.58. The Kier molecular flexibility index (Phi) is 6.44. The first-order chi connectivity index (χ1) is 10.7. The van der Waals surface area contributed by atoms with E-state index >= 15 is 0 Å². The summed E-state index contributed by atoms with van der Waals surface area (Å²) in [7, 11) is 0. The Morgan fingerprint density at radius 3 is 2.41 bits per heavy atom. The van der Waals surface area contributed by atoms with Crippen molar-refractivity contribution in [3.8, 4) is 0 Å². The molecule has 1 amide bonds. The molecule has 1 saturated carbocycles. The summed E-state index contributed by atoms with van der Waals surface area (Å²) in [6.07, 6.45) is 7.29. The minimum Gasteiger partial charge on any atom is -0.372 e. The fourth-order valence-electron chi connectivity index (χ4n) is 2.99. The molecule has 1 aliphatic carbocycles. The summed E-state index contributed by atoms with van der Waals surface area (Å²) in [6, 6.07) is 8.25. The fourth-order valence-corrected chi connectivity index (χ4v) is 2.99. The van der Waals surface area contributed by atoms with Gasteiger partial charge >= 0.3 is 0 Å². The van der Waals surface area contributed by atoms with Gasteiger partial charge in [0.1, 0.15) is 0 Å². The predicted octanol–water partition coefficient (Wildman–Crippen LogP) is 3.56. The number of nitrogens with one attached hydrogen (secondary N) is 1. The lowest BCUT2D eigenvalue weighted by Gasteiger charge is -2.20. The highest BCUT2D eigenvalue weighted by molar-refractivity contribution is 5.83. The van der Waals surface area contributed by atoms with Gasteiger partial charge in [-0.25, -0.2) is 5.43 Å². The van der Waals surface area contributed by atoms with E-state index in [2.05, 4.69) is 41.4 Å². The van der Waals surface area contributed by atoms with E-state index in [1.807, 2.05) is 12.1 Å². The first kappa shape index (κ1) is 16.5. The standard InChI is InChI=1S/C18H27N3O/c1-3-21(4-2)17-12-10-15(11-13-17)14-19-20-18(22)16-8-6-5-7-9-16/h10-14,16H,3-9H2,1-2H3,(H,20,22)/b19-14+. The van der Waals surface area contributed by atoms with E-state index in [1.54, 1.807) is 6.21 Å². The molecule has 1 aromatic rings. The van der Waals surface area contributed by atoms with Gasteiger partial charge in [-0.05, 0) is 44.4 Å². The second kappa shape index (κ2) is 8.57. The maximum absolute atomic E-state index is 12.0. The van der Waals surface area contributed by atoms with E-state index in [1.165, 1.54) is 12.1 Å². The van der Waals surface area contributed by atoms with Gasteiger partial charge in [0.05, 0.1) is 6.21 Å². The van der Waals surface area contributed by atoms with Crippen LogP contribution in [0.2, 0.25) is 0 Å². The van der Waals surface area contributed by atoms with Crippen molar-refractivity contribution in [2.24, 2.45) is 11.0 Å². The third-order valence-corrected chi connectivity index (χ3v) is 4.39. The topological polar surface area (TPSA) is 44.7 Å². The van der Waals surface area contributed by atoms with Gasteiger partial charge in [0.15, 0.2) is 0 Å². The highest BCUT2D eigenvalue weighted by Gasteiger charge is 2.20. The van der Waals surface area contributed by atoms with Crippen LogP contribution in [0.5, 0.6) is 0 Å². The SMILES string of the molecule is CCN(CC)c1ccc(/C=N/NC(=O)C2CCCCC2)cc1. The molecule has 1 fully saturated rings. The van der Waals surface area contributed by atoms with Crippen LogP contribution in [0.4, 0.5) is 5.69 Å². The van der Waals surface area contributed by atoms with E-state index in [9.17, 15) is 4.79 Å². The lowest BCUT2D eigenvalue weighted by molar-refractivity contribution is -0.125. The normalized spacial score (nSPS) is 15.9. The van der Waals surface area contributed by atoms with E-state index in [4.69, 9.17) is 0 Å². The molecule has 0 radical (unpaired) electrons. The lowest BCUT2D eigenvalue weighted by atomic mass is 9.89. The third-order valence-electron chi connectivity index (χ3n) is 4.39. The van der Waals surface area contributed by atoms with E-state index in [0.717, 1.165) is 44.3 Å². The number of hydrogen-bond donors (Lipinski definition) is 1. The molecule has 4 heteroatoms. The quantitative estimate of drug-likeness (QED) is 0.645. The number of anilines is 1. The van der Waals surface area contributed by atoms with Crippen LogP contribution in [0, 0.1) is 5.92 Å². The predicted molar refractivity (Wildman–Crippen MR) is 92.3 cm³/mol. The van der Waals surface area contributed by atoms with Crippen LogP contribution in [-0.2, 0) is 4.79 Å². The molecule has 1 aliphatic rings. The van der Waals surface area contributed by atoms with Gasteiger partial charge in [0.2, 0.25) is 5.91 Å². The van der Waals surface area contributed by atoms with Crippen molar-refractivity contribution in [1.29, 1.82) is 0 Å². The van der Waals surface area contributed by atoms with Crippen molar-refractivity contribution < 1.29 is 4.79 Å². The second-order valence-electron chi connectivity index (χ2n) is 5.83. The monoisotopic (exact) mass is 301 g/mol. The molecule has 0 aromatic heterocycles. The van der Waals surface area contributed by atoms with Crippen molar-refractivity contribution in [1.82, 2.24) is 5.43 Å². The number of hydrazone groups is 1. The smallest absolute Gasteiger partial charge is 0.243 e. The number of carbonyl (C=O) groups excluding carboxylic acids is 1. The molecular formula is C18H27N3O. The second-order valence-corrected chi connectivity index (χ2v) is 5.83. The number of carbonyl (C=O) groups is 1. The van der Waals surface area contributed by atoms with Crippen molar-refractivity contribution in [3.63, 3.8) is 0 Å². The van der Waals surface area contributed by atoms with Crippen LogP contribution in [0.15, 0.2) is 29.4 Å². The van der Waals surface area contributed by atoms with E-state index in [0.29, 0.717) is 0 Å². The summed E-state index contributed by atoms with van der Waals surface area (Å²) < 4.78 is 0. The molecule has 2 rings (SSSR count). The van der Waals surface area contributed by atoms with Crippen molar-refractivity contribution in [2.45, 2.75) is 46.0 Å². The van der Waals surface area contributed by atoms with E-state index < -0.39 is 0 Å². The molecule has 120 valence electrons. The van der Waals surface area contributed by atoms with Crippen LogP contribution in [0.1, 0.15) is 51.5 Å². The summed E-state index contributed by atoms with van der Waals surface area (Å²) in [4.78, 5) is 14.3. The van der Waals surface area contributed by atoms with Gasteiger partial charge in [-0.3, -0.25) is 4.79 Å². The number of benzene rings is 1. The molecule has 0 atom stereocenters. The van der Waals surface area contributed by atoms with Crippen LogP contribution in [0.3, 0.4) is 0 Å². The molecule has 0 unspecified atom stereocenters. The fraction of sp³-hybridized carbons (Fsp3) is 0.556. The van der Waals surface area contributed by atoms with Crippen LogP contribution < -0.4 is 10.3 Å². The molecule has 1 N–H and O–H groups in total.